The van der Waals surface area contributed by atoms with Crippen LogP contribution < -0.4 is 0 Å². The van der Waals surface area contributed by atoms with E-state index in [9.17, 15) is 0 Å². The maximum Gasteiger partial charge on any atom is -0.00343 e. The van der Waals surface area contributed by atoms with E-state index in [0.29, 0.717) is 0 Å². The van der Waals surface area contributed by atoms with Gasteiger partial charge in [-0.15, -0.1) is 0 Å². The van der Waals surface area contributed by atoms with Crippen LogP contribution in [0, 0.1) is 0 Å². The first kappa shape index (κ1) is 5.02. The first-order valence-corrected chi connectivity index (χ1v) is 3.60. The Kier molecular flexibility index (Phi) is 2.28. The van der Waals surface area contributed by atoms with Gasteiger partial charge in [-0.2, -0.15) is 11.1 Å². The molecule has 0 unspecified atom stereocenters. The highest BCUT2D eigenvalue weighted by atomic mass is 32.2. The molecular weight excluding hydrogens is 82.1 g/mol. The van der Waals surface area contributed by atoms with Crippen molar-refractivity contribution in [2.24, 2.45) is 4.40 Å². The topological polar surface area (TPSA) is 12.4 Å². The predicted molar refractivity (Wildman–Crippen MR) is 30.4 cm³/mol. The maximum absolute atomic E-state index is 3.70. The highest BCUT2D eigenvalue weighted by Gasteiger charge is 1.66. The molecule has 0 fully saturated rings. The standard InChI is InChI=1S/C3H9NS/c1-4-5(2)3/h5H,1H2,2-3H3. The third-order valence-corrected chi connectivity index (χ3v) is 0.849. The van der Waals surface area contributed by atoms with E-state index in [2.05, 4.69) is 23.6 Å². The lowest BCUT2D eigenvalue weighted by atomic mass is 11.8. The molecule has 0 atom stereocenters. The van der Waals surface area contributed by atoms with Gasteiger partial charge in [-0.25, -0.2) is 0 Å². The molecule has 0 aliphatic heterocycles. The van der Waals surface area contributed by atoms with Crippen molar-refractivity contribution < 1.29 is 0 Å². The zero-order chi connectivity index (χ0) is 4.28. The fourth-order valence-electron chi connectivity index (χ4n) is 0. The first-order valence-electron chi connectivity index (χ1n) is 1.41. The van der Waals surface area contributed by atoms with E-state index in [1.54, 1.807) is 0 Å². The summed E-state index contributed by atoms with van der Waals surface area (Å²) in [6.07, 6.45) is 4.12. The third kappa shape index (κ3) is 4.02. The number of hydrogen-bond acceptors (Lipinski definition) is 1. The smallest absolute Gasteiger partial charge is 0.00343 e. The summed E-state index contributed by atoms with van der Waals surface area (Å²) in [5.74, 6) is 0. The summed E-state index contributed by atoms with van der Waals surface area (Å²) in [4.78, 5) is 0. The van der Waals surface area contributed by atoms with E-state index in [1.165, 1.54) is 0 Å². The van der Waals surface area contributed by atoms with Crippen molar-refractivity contribution in [1.29, 1.82) is 0 Å². The second-order valence-electron chi connectivity index (χ2n) is 0.989. The second-order valence-corrected chi connectivity index (χ2v) is 2.97. The Bertz CT molecular complexity index is 33.9. The zero-order valence-corrected chi connectivity index (χ0v) is 4.50. The van der Waals surface area contributed by atoms with Gasteiger partial charge in [0.15, 0.2) is 0 Å². The van der Waals surface area contributed by atoms with Crippen molar-refractivity contribution in [3.63, 3.8) is 0 Å². The molecule has 0 saturated heterocycles. The van der Waals surface area contributed by atoms with Gasteiger partial charge in [0.05, 0.1) is 0 Å². The second kappa shape index (κ2) is 2.27. The molecule has 0 radical (unpaired) electrons. The van der Waals surface area contributed by atoms with Crippen LogP contribution in [0.4, 0.5) is 0 Å². The van der Waals surface area contributed by atoms with Crippen molar-refractivity contribution >= 4 is 17.8 Å². The molecule has 0 bridgehead atoms. The Labute approximate surface area is 35.6 Å². The number of rotatable bonds is 1. The van der Waals surface area contributed by atoms with Crippen LogP contribution in [0.3, 0.4) is 0 Å². The fraction of sp³-hybridized carbons (Fsp3) is 0.667. The van der Waals surface area contributed by atoms with Gasteiger partial charge in [-0.05, 0) is 19.2 Å². The van der Waals surface area contributed by atoms with Crippen LogP contribution in [0.1, 0.15) is 0 Å². The Balaban J connectivity index is 2.83. The molecule has 0 aliphatic rings. The van der Waals surface area contributed by atoms with Crippen molar-refractivity contribution in [2.75, 3.05) is 12.5 Å². The minimum absolute atomic E-state index is 0.0844. The van der Waals surface area contributed by atoms with Crippen LogP contribution in [0.5, 0.6) is 0 Å². The van der Waals surface area contributed by atoms with Gasteiger partial charge < -0.3 is 0 Å². The lowest BCUT2D eigenvalue weighted by Crippen LogP contribution is -1.56. The summed E-state index contributed by atoms with van der Waals surface area (Å²) in [5.41, 5.74) is 0. The van der Waals surface area contributed by atoms with E-state index < -0.39 is 0 Å². The molecule has 1 nitrogen and oxygen atoms in total. The third-order valence-electron chi connectivity index (χ3n) is 0.283. The van der Waals surface area contributed by atoms with Crippen LogP contribution in [-0.2, 0) is 0 Å². The lowest BCUT2D eigenvalue weighted by molar-refractivity contribution is 1.95. The van der Waals surface area contributed by atoms with E-state index in [1.807, 2.05) is 0 Å². The Morgan fingerprint density at radius 3 is 1.80 bits per heavy atom. The molecule has 0 aromatic rings. The average Bonchev–Trinajstić information content (AvgIpc) is 1.38. The van der Waals surface area contributed by atoms with Crippen molar-refractivity contribution in [3.05, 3.63) is 0 Å². The SMILES string of the molecule is C=N[SH](C)C. The van der Waals surface area contributed by atoms with Gasteiger partial charge in [0.1, 0.15) is 0 Å². The van der Waals surface area contributed by atoms with Crippen LogP contribution in [-0.4, -0.2) is 19.2 Å². The quantitative estimate of drug-likeness (QED) is 0.363. The van der Waals surface area contributed by atoms with Crippen molar-refractivity contribution in [3.8, 4) is 0 Å². The largest absolute Gasteiger partial charge is 0.257 e. The van der Waals surface area contributed by atoms with Crippen molar-refractivity contribution in [1.82, 2.24) is 0 Å². The molecule has 32 valence electrons. The molecular formula is C3H9NS. The average molecular weight is 91.2 g/mol. The number of hydrogen-bond donors (Lipinski definition) is 1. The molecule has 0 saturated carbocycles. The maximum atomic E-state index is 3.70. The normalized spacial score (nSPS) is 10.4. The number of thiol groups is 1. The molecule has 0 aliphatic carbocycles. The summed E-state index contributed by atoms with van der Waals surface area (Å²) >= 11 is -0.0844. The molecule has 5 heavy (non-hydrogen) atoms. The predicted octanol–water partition coefficient (Wildman–Crippen LogP) is 0.863. The highest BCUT2D eigenvalue weighted by Crippen LogP contribution is 2.10. The fourth-order valence-corrected chi connectivity index (χ4v) is 0. The minimum atomic E-state index is -0.0844. The number of nitrogens with zero attached hydrogens (tertiary/aromatic N) is 1. The van der Waals surface area contributed by atoms with Gasteiger partial charge in [-0.1, -0.05) is 0 Å². The minimum Gasteiger partial charge on any atom is -0.257 e. The molecule has 0 heterocycles. The van der Waals surface area contributed by atoms with E-state index in [4.69, 9.17) is 0 Å². The van der Waals surface area contributed by atoms with Gasteiger partial charge in [0, 0.05) is 0 Å². The zero-order valence-electron chi connectivity index (χ0n) is 3.60. The van der Waals surface area contributed by atoms with Gasteiger partial charge in [-0.3, -0.25) is 4.40 Å². The highest BCUT2D eigenvalue weighted by molar-refractivity contribution is 8.14. The first-order chi connectivity index (χ1) is 2.27. The molecule has 0 N–H and O–H groups in total. The van der Waals surface area contributed by atoms with Crippen LogP contribution in [0.15, 0.2) is 4.40 Å². The molecule has 0 aromatic carbocycles. The Hall–Kier alpha value is 0.0200. The van der Waals surface area contributed by atoms with Crippen molar-refractivity contribution in [2.45, 2.75) is 0 Å². The Morgan fingerprint density at radius 1 is 1.60 bits per heavy atom. The molecule has 0 spiro atoms. The molecule has 0 rings (SSSR count). The van der Waals surface area contributed by atoms with Gasteiger partial charge >= 0.3 is 0 Å². The molecule has 0 amide bonds. The monoisotopic (exact) mass is 91.0 g/mol. The summed E-state index contributed by atoms with van der Waals surface area (Å²) in [7, 11) is 0. The van der Waals surface area contributed by atoms with E-state index >= 15 is 0 Å². The summed E-state index contributed by atoms with van der Waals surface area (Å²) in [6, 6.07) is 0. The summed E-state index contributed by atoms with van der Waals surface area (Å²) < 4.78 is 3.70. The Morgan fingerprint density at radius 2 is 1.80 bits per heavy atom. The summed E-state index contributed by atoms with van der Waals surface area (Å²) in [6.45, 7) is 3.34. The van der Waals surface area contributed by atoms with E-state index in [-0.39, 0.29) is 11.1 Å². The van der Waals surface area contributed by atoms with Gasteiger partial charge in [0.2, 0.25) is 0 Å². The molecule has 0 aromatic heterocycles. The molecule has 2 heteroatoms. The van der Waals surface area contributed by atoms with Crippen LogP contribution in [0.25, 0.3) is 0 Å². The summed E-state index contributed by atoms with van der Waals surface area (Å²) in [5, 5.41) is 0. The van der Waals surface area contributed by atoms with Crippen LogP contribution in [0.2, 0.25) is 0 Å². The van der Waals surface area contributed by atoms with Gasteiger partial charge in [0.25, 0.3) is 0 Å². The van der Waals surface area contributed by atoms with E-state index in [0.717, 1.165) is 0 Å². The van der Waals surface area contributed by atoms with Crippen LogP contribution >= 0.6 is 11.1 Å². The lowest BCUT2D eigenvalue weighted by Gasteiger charge is -1.92.